The van der Waals surface area contributed by atoms with E-state index in [0.29, 0.717) is 25.8 Å². The van der Waals surface area contributed by atoms with E-state index in [1.165, 1.54) is 0 Å². The molecular formula is C24H24N2O2. The van der Waals surface area contributed by atoms with Crippen molar-refractivity contribution in [2.75, 3.05) is 6.54 Å². The molecule has 142 valence electrons. The first-order valence-corrected chi connectivity index (χ1v) is 9.89. The lowest BCUT2D eigenvalue weighted by Crippen LogP contribution is -2.28. The van der Waals surface area contributed by atoms with Crippen molar-refractivity contribution < 1.29 is 9.59 Å². The van der Waals surface area contributed by atoms with Gasteiger partial charge in [-0.2, -0.15) is 0 Å². The van der Waals surface area contributed by atoms with Crippen LogP contribution in [0.5, 0.6) is 0 Å². The second-order valence-corrected chi connectivity index (χ2v) is 7.49. The number of rotatable bonds is 5. The zero-order valence-corrected chi connectivity index (χ0v) is 16.1. The van der Waals surface area contributed by atoms with Gasteiger partial charge in [0.25, 0.3) is 0 Å². The number of hydrogen-bond donors (Lipinski definition) is 1. The van der Waals surface area contributed by atoms with E-state index in [4.69, 9.17) is 4.98 Å². The van der Waals surface area contributed by atoms with Crippen LogP contribution >= 0.6 is 0 Å². The van der Waals surface area contributed by atoms with Crippen molar-refractivity contribution in [3.8, 4) is 0 Å². The summed E-state index contributed by atoms with van der Waals surface area (Å²) in [6, 6.07) is 17.7. The van der Waals surface area contributed by atoms with E-state index in [0.717, 1.165) is 39.7 Å². The van der Waals surface area contributed by atoms with Crippen molar-refractivity contribution in [3.05, 3.63) is 77.0 Å². The topological polar surface area (TPSA) is 59.1 Å². The van der Waals surface area contributed by atoms with Gasteiger partial charge >= 0.3 is 0 Å². The smallest absolute Gasteiger partial charge is 0.224 e. The van der Waals surface area contributed by atoms with Crippen molar-refractivity contribution in [2.45, 2.75) is 38.5 Å². The molecule has 4 heteroatoms. The zero-order chi connectivity index (χ0) is 19.5. The monoisotopic (exact) mass is 372 g/mol. The van der Waals surface area contributed by atoms with Crippen molar-refractivity contribution >= 4 is 22.6 Å². The molecule has 0 saturated heterocycles. The molecule has 1 unspecified atom stereocenters. The number of hydrogen-bond acceptors (Lipinski definition) is 3. The molecule has 3 aromatic rings. The number of fused-ring (bicyclic) bond motifs is 2. The molecule has 1 aromatic heterocycles. The van der Waals surface area contributed by atoms with Crippen LogP contribution in [0.2, 0.25) is 0 Å². The molecule has 1 aliphatic carbocycles. The van der Waals surface area contributed by atoms with Gasteiger partial charge in [-0.25, -0.2) is 0 Å². The van der Waals surface area contributed by atoms with E-state index in [1.54, 1.807) is 0 Å². The molecule has 0 spiro atoms. The van der Waals surface area contributed by atoms with Crippen LogP contribution in [0.1, 0.15) is 52.9 Å². The molecule has 28 heavy (non-hydrogen) atoms. The third-order valence-electron chi connectivity index (χ3n) is 5.48. The summed E-state index contributed by atoms with van der Waals surface area (Å²) in [5, 5.41) is 4.02. The van der Waals surface area contributed by atoms with Crippen LogP contribution in [0.15, 0.2) is 54.6 Å². The summed E-state index contributed by atoms with van der Waals surface area (Å²) >= 11 is 0. The Morgan fingerprint density at radius 2 is 1.86 bits per heavy atom. The fraction of sp³-hybridized carbons (Fsp3) is 0.292. The molecule has 4 nitrogen and oxygen atoms in total. The first kappa shape index (κ1) is 18.4. The number of pyridine rings is 1. The Balaban J connectivity index is 1.57. The predicted octanol–water partition coefficient (Wildman–Crippen LogP) is 4.22. The Kier molecular flexibility index (Phi) is 5.20. The molecule has 1 amide bonds. The number of benzene rings is 2. The van der Waals surface area contributed by atoms with Gasteiger partial charge < -0.3 is 5.32 Å². The molecule has 0 bridgehead atoms. The summed E-state index contributed by atoms with van der Waals surface area (Å²) in [7, 11) is 0. The minimum Gasteiger partial charge on any atom is -0.355 e. The lowest BCUT2D eigenvalue weighted by atomic mass is 9.82. The van der Waals surface area contributed by atoms with Crippen molar-refractivity contribution in [1.29, 1.82) is 0 Å². The van der Waals surface area contributed by atoms with Crippen LogP contribution in [0.3, 0.4) is 0 Å². The molecule has 1 heterocycles. The van der Waals surface area contributed by atoms with Gasteiger partial charge in [0.1, 0.15) is 0 Å². The maximum atomic E-state index is 12.7. The van der Waals surface area contributed by atoms with Crippen LogP contribution in [0, 0.1) is 0 Å². The van der Waals surface area contributed by atoms with Crippen molar-refractivity contribution in [2.24, 2.45) is 0 Å². The Bertz CT molecular complexity index is 1030. The fourth-order valence-electron chi connectivity index (χ4n) is 4.01. The van der Waals surface area contributed by atoms with Crippen molar-refractivity contribution in [3.63, 3.8) is 0 Å². The molecule has 4 rings (SSSR count). The molecule has 1 atom stereocenters. The number of ketones is 1. The average Bonchev–Trinajstić information content (AvgIpc) is 2.71. The second-order valence-electron chi connectivity index (χ2n) is 7.49. The number of nitrogens with zero attached hydrogens (tertiary/aromatic N) is 1. The average molecular weight is 372 g/mol. The van der Waals surface area contributed by atoms with E-state index < -0.39 is 0 Å². The largest absolute Gasteiger partial charge is 0.355 e. The van der Waals surface area contributed by atoms with E-state index in [-0.39, 0.29) is 17.6 Å². The van der Waals surface area contributed by atoms with Crippen LogP contribution in [-0.4, -0.2) is 23.2 Å². The first-order valence-electron chi connectivity index (χ1n) is 9.89. The van der Waals surface area contributed by atoms with E-state index in [9.17, 15) is 9.59 Å². The van der Waals surface area contributed by atoms with Crippen LogP contribution in [0.4, 0.5) is 0 Å². The molecule has 2 aromatic carbocycles. The molecule has 0 saturated carbocycles. The van der Waals surface area contributed by atoms with E-state index in [2.05, 4.69) is 12.2 Å². The predicted molar refractivity (Wildman–Crippen MR) is 111 cm³/mol. The SMILES string of the molecule is CC1CCC(=O)c2c1nc1ccccc1c2CCNC(=O)Cc1ccccc1. The number of carbonyl (C=O) groups excluding carboxylic acids is 2. The van der Waals surface area contributed by atoms with Gasteiger partial charge in [-0.3, -0.25) is 14.6 Å². The standard InChI is InChI=1S/C24H24N2O2/c1-16-11-12-21(27)23-19(18-9-5-6-10-20(18)26-24(16)23)13-14-25-22(28)15-17-7-3-2-4-8-17/h2-10,16H,11-15H2,1H3,(H,25,28). The van der Waals surface area contributed by atoms with Gasteiger partial charge in [0.05, 0.1) is 17.6 Å². The van der Waals surface area contributed by atoms with Gasteiger partial charge in [0, 0.05) is 23.9 Å². The van der Waals surface area contributed by atoms with Gasteiger partial charge in [-0.05, 0) is 36.0 Å². The third-order valence-corrected chi connectivity index (χ3v) is 5.48. The molecule has 1 N–H and O–H groups in total. The van der Waals surface area contributed by atoms with Gasteiger partial charge in [-0.1, -0.05) is 55.5 Å². The molecule has 0 aliphatic heterocycles. The maximum absolute atomic E-state index is 12.7. The summed E-state index contributed by atoms with van der Waals surface area (Å²) in [6.07, 6.45) is 2.42. The number of Topliss-reactive ketones (excluding diaryl/α,β-unsaturated/α-hetero) is 1. The Morgan fingerprint density at radius 1 is 1.11 bits per heavy atom. The minimum atomic E-state index is -0.00174. The lowest BCUT2D eigenvalue weighted by Gasteiger charge is -2.24. The van der Waals surface area contributed by atoms with E-state index >= 15 is 0 Å². The van der Waals surface area contributed by atoms with Gasteiger partial charge in [-0.15, -0.1) is 0 Å². The summed E-state index contributed by atoms with van der Waals surface area (Å²) in [6.45, 7) is 2.65. The van der Waals surface area contributed by atoms with Gasteiger partial charge in [0.2, 0.25) is 5.91 Å². The summed E-state index contributed by atoms with van der Waals surface area (Å²) in [5.41, 5.74) is 4.65. The normalized spacial score (nSPS) is 16.0. The maximum Gasteiger partial charge on any atom is 0.224 e. The van der Waals surface area contributed by atoms with Crippen LogP contribution < -0.4 is 5.32 Å². The van der Waals surface area contributed by atoms with Crippen molar-refractivity contribution in [1.82, 2.24) is 10.3 Å². The minimum absolute atomic E-state index is 0.00174. The molecule has 0 radical (unpaired) electrons. The Morgan fingerprint density at radius 3 is 2.68 bits per heavy atom. The highest BCUT2D eigenvalue weighted by atomic mass is 16.1. The highest BCUT2D eigenvalue weighted by molar-refractivity contribution is 6.03. The number of aromatic nitrogens is 1. The Labute approximate surface area is 165 Å². The molecular weight excluding hydrogens is 348 g/mol. The second kappa shape index (κ2) is 7.93. The summed E-state index contributed by atoms with van der Waals surface area (Å²) in [5.74, 6) is 0.457. The number of nitrogens with one attached hydrogen (secondary N) is 1. The zero-order valence-electron chi connectivity index (χ0n) is 16.1. The fourth-order valence-corrected chi connectivity index (χ4v) is 4.01. The molecule has 0 fully saturated rings. The Hall–Kier alpha value is -3.01. The highest BCUT2D eigenvalue weighted by Gasteiger charge is 2.28. The number of para-hydroxylation sites is 1. The quantitative estimate of drug-likeness (QED) is 0.730. The summed E-state index contributed by atoms with van der Waals surface area (Å²) < 4.78 is 0. The number of amides is 1. The number of carbonyl (C=O) groups is 2. The highest BCUT2D eigenvalue weighted by Crippen LogP contribution is 2.35. The lowest BCUT2D eigenvalue weighted by molar-refractivity contribution is -0.120. The molecule has 1 aliphatic rings. The first-order chi connectivity index (χ1) is 13.6. The third kappa shape index (κ3) is 3.68. The van der Waals surface area contributed by atoms with E-state index in [1.807, 2.05) is 54.6 Å². The van der Waals surface area contributed by atoms with Gasteiger partial charge in [0.15, 0.2) is 5.78 Å². The summed E-state index contributed by atoms with van der Waals surface area (Å²) in [4.78, 5) is 29.8. The van der Waals surface area contributed by atoms with Crippen LogP contribution in [-0.2, 0) is 17.6 Å². The van der Waals surface area contributed by atoms with Crippen LogP contribution in [0.25, 0.3) is 10.9 Å².